The summed E-state index contributed by atoms with van der Waals surface area (Å²) >= 11 is 0. The summed E-state index contributed by atoms with van der Waals surface area (Å²) in [7, 11) is 0. The largest absolute Gasteiger partial charge is 0.366 e. The van der Waals surface area contributed by atoms with Crippen LogP contribution in [0.3, 0.4) is 0 Å². The molecule has 0 radical (unpaired) electrons. The first-order chi connectivity index (χ1) is 9.69. The molecule has 0 fully saturated rings. The van der Waals surface area contributed by atoms with Gasteiger partial charge in [0.05, 0.1) is 5.56 Å². The zero-order valence-electron chi connectivity index (χ0n) is 10.4. The van der Waals surface area contributed by atoms with Gasteiger partial charge in [-0.15, -0.1) is 0 Å². The zero-order valence-corrected chi connectivity index (χ0v) is 10.4. The molecule has 0 saturated carbocycles. The first-order valence-electron chi connectivity index (χ1n) is 5.96. The Morgan fingerprint density at radius 3 is 2.95 bits per heavy atom. The lowest BCUT2D eigenvalue weighted by atomic mass is 10.0. The van der Waals surface area contributed by atoms with Crippen molar-refractivity contribution in [2.75, 3.05) is 0 Å². The monoisotopic (exact) mass is 262 g/mol. The number of nitrogens with two attached hydrogens (primary N) is 1. The normalized spacial score (nSPS) is 10.3. The van der Waals surface area contributed by atoms with Crippen LogP contribution >= 0.6 is 0 Å². The average molecular weight is 262 g/mol. The van der Waals surface area contributed by atoms with Crippen molar-refractivity contribution in [3.8, 4) is 17.2 Å². The van der Waals surface area contributed by atoms with E-state index in [2.05, 4.69) is 16.0 Å². The molecule has 5 nitrogen and oxygen atoms in total. The molecule has 0 spiro atoms. The van der Waals surface area contributed by atoms with Crippen LogP contribution < -0.4 is 5.73 Å². The van der Waals surface area contributed by atoms with Gasteiger partial charge in [0.15, 0.2) is 0 Å². The fraction of sp³-hybridized carbons (Fsp3) is 0. The molecule has 0 saturated heterocycles. The second-order valence-electron chi connectivity index (χ2n) is 4.38. The number of carbonyl (C=O) groups is 1. The van der Waals surface area contributed by atoms with Crippen molar-refractivity contribution in [3.63, 3.8) is 0 Å². The Kier molecular flexibility index (Phi) is 2.70. The molecule has 3 rings (SSSR count). The first kappa shape index (κ1) is 11.9. The van der Waals surface area contributed by atoms with Crippen molar-refractivity contribution in [2.24, 2.45) is 5.73 Å². The Balaban J connectivity index is 2.22. The molecule has 96 valence electrons. The van der Waals surface area contributed by atoms with Gasteiger partial charge < -0.3 is 10.7 Å². The van der Waals surface area contributed by atoms with E-state index in [1.54, 1.807) is 30.5 Å². The molecule has 3 aromatic rings. The highest BCUT2D eigenvalue weighted by Gasteiger charge is 2.09. The number of H-pyrrole nitrogens is 1. The summed E-state index contributed by atoms with van der Waals surface area (Å²) in [5.41, 5.74) is 8.66. The Labute approximate surface area is 114 Å². The van der Waals surface area contributed by atoms with E-state index in [0.29, 0.717) is 16.8 Å². The van der Waals surface area contributed by atoms with Crippen molar-refractivity contribution in [1.29, 1.82) is 5.26 Å². The molecule has 5 heteroatoms. The molecular weight excluding hydrogens is 252 g/mol. The highest BCUT2D eigenvalue weighted by atomic mass is 16.1. The fourth-order valence-electron chi connectivity index (χ4n) is 2.14. The van der Waals surface area contributed by atoms with Crippen molar-refractivity contribution < 1.29 is 4.79 Å². The van der Waals surface area contributed by atoms with E-state index in [9.17, 15) is 4.79 Å². The summed E-state index contributed by atoms with van der Waals surface area (Å²) in [6.45, 7) is 0. The molecule has 2 aromatic heterocycles. The number of nitrogens with zero attached hydrogens (tertiary/aromatic N) is 2. The van der Waals surface area contributed by atoms with Gasteiger partial charge in [-0.05, 0) is 23.8 Å². The van der Waals surface area contributed by atoms with Gasteiger partial charge in [0.2, 0.25) is 5.91 Å². The van der Waals surface area contributed by atoms with Gasteiger partial charge in [0, 0.05) is 28.9 Å². The van der Waals surface area contributed by atoms with Crippen molar-refractivity contribution in [1.82, 2.24) is 9.97 Å². The number of amides is 1. The number of benzene rings is 1. The van der Waals surface area contributed by atoms with Gasteiger partial charge in [-0.2, -0.15) is 5.26 Å². The number of nitriles is 1. The number of primary amides is 1. The smallest absolute Gasteiger partial charge is 0.248 e. The predicted octanol–water partition coefficient (Wildman–Crippen LogP) is 2.20. The maximum absolute atomic E-state index is 11.2. The number of carbonyl (C=O) groups excluding carboxylic acids is 1. The van der Waals surface area contributed by atoms with Crippen molar-refractivity contribution in [2.45, 2.75) is 0 Å². The molecule has 0 aliphatic heterocycles. The fourth-order valence-corrected chi connectivity index (χ4v) is 2.14. The third-order valence-electron chi connectivity index (χ3n) is 3.12. The molecule has 0 atom stereocenters. The third kappa shape index (κ3) is 1.89. The van der Waals surface area contributed by atoms with E-state index in [1.165, 1.54) is 6.20 Å². The quantitative estimate of drug-likeness (QED) is 0.741. The summed E-state index contributed by atoms with van der Waals surface area (Å²) in [4.78, 5) is 18.5. The van der Waals surface area contributed by atoms with Crippen LogP contribution in [-0.2, 0) is 0 Å². The molecule has 20 heavy (non-hydrogen) atoms. The summed E-state index contributed by atoms with van der Waals surface area (Å²) in [6.07, 6.45) is 3.32. The van der Waals surface area contributed by atoms with Crippen LogP contribution in [0.15, 0.2) is 42.7 Å². The lowest BCUT2D eigenvalue weighted by Gasteiger charge is -2.02. The highest BCUT2D eigenvalue weighted by Crippen LogP contribution is 2.28. The van der Waals surface area contributed by atoms with Gasteiger partial charge >= 0.3 is 0 Å². The summed E-state index contributed by atoms with van der Waals surface area (Å²) in [5.74, 6) is -0.470. The molecule has 2 heterocycles. The van der Waals surface area contributed by atoms with Crippen LogP contribution in [0.25, 0.3) is 22.2 Å². The number of fused-ring (bicyclic) bond motifs is 1. The standard InChI is InChI=1S/C15H10N4O/c16-6-9-4-12-13(8-19-15(12)18-7-9)10-2-1-3-11(5-10)14(17)20/h1-5,7-8H,(H2,17,20)(H,18,19). The topological polar surface area (TPSA) is 95.6 Å². The first-order valence-corrected chi connectivity index (χ1v) is 5.96. The van der Waals surface area contributed by atoms with Crippen LogP contribution in [-0.4, -0.2) is 15.9 Å². The predicted molar refractivity (Wildman–Crippen MR) is 74.8 cm³/mol. The lowest BCUT2D eigenvalue weighted by Crippen LogP contribution is -2.10. The zero-order chi connectivity index (χ0) is 14.1. The number of aromatic amines is 1. The number of hydrogen-bond acceptors (Lipinski definition) is 3. The van der Waals surface area contributed by atoms with Crippen LogP contribution in [0, 0.1) is 11.3 Å². The second-order valence-corrected chi connectivity index (χ2v) is 4.38. The maximum Gasteiger partial charge on any atom is 0.248 e. The molecule has 0 unspecified atom stereocenters. The Bertz CT molecular complexity index is 858. The van der Waals surface area contributed by atoms with Gasteiger partial charge in [0.1, 0.15) is 11.7 Å². The molecule has 0 aliphatic rings. The van der Waals surface area contributed by atoms with Crippen LogP contribution in [0.1, 0.15) is 15.9 Å². The number of pyridine rings is 1. The van der Waals surface area contributed by atoms with Crippen molar-refractivity contribution >= 4 is 16.9 Å². The molecule has 1 amide bonds. The van der Waals surface area contributed by atoms with E-state index in [0.717, 1.165) is 16.5 Å². The van der Waals surface area contributed by atoms with Crippen LogP contribution in [0.5, 0.6) is 0 Å². The minimum absolute atomic E-state index is 0.446. The third-order valence-corrected chi connectivity index (χ3v) is 3.12. The molecule has 0 bridgehead atoms. The number of rotatable bonds is 2. The van der Waals surface area contributed by atoms with Gasteiger partial charge in [-0.25, -0.2) is 4.98 Å². The molecule has 1 aromatic carbocycles. The van der Waals surface area contributed by atoms with E-state index < -0.39 is 5.91 Å². The van der Waals surface area contributed by atoms with Gasteiger partial charge in [-0.3, -0.25) is 4.79 Å². The highest BCUT2D eigenvalue weighted by molar-refractivity contribution is 5.98. The van der Waals surface area contributed by atoms with E-state index >= 15 is 0 Å². The molecular formula is C15H10N4O. The Morgan fingerprint density at radius 1 is 1.35 bits per heavy atom. The number of nitrogens with one attached hydrogen (secondary N) is 1. The SMILES string of the molecule is N#Cc1cnc2[nH]cc(-c3cccc(C(N)=O)c3)c2c1. The Hall–Kier alpha value is -3.13. The van der Waals surface area contributed by atoms with Gasteiger partial charge in [-0.1, -0.05) is 12.1 Å². The molecule has 3 N–H and O–H groups in total. The summed E-state index contributed by atoms with van der Waals surface area (Å²) < 4.78 is 0. The van der Waals surface area contributed by atoms with E-state index in [4.69, 9.17) is 11.0 Å². The van der Waals surface area contributed by atoms with E-state index in [-0.39, 0.29) is 0 Å². The van der Waals surface area contributed by atoms with Crippen molar-refractivity contribution in [3.05, 3.63) is 53.9 Å². The van der Waals surface area contributed by atoms with Crippen LogP contribution in [0.4, 0.5) is 0 Å². The maximum atomic E-state index is 11.2. The second kappa shape index (κ2) is 4.52. The average Bonchev–Trinajstić information content (AvgIpc) is 2.90. The summed E-state index contributed by atoms with van der Waals surface area (Å²) in [6, 6.07) is 10.9. The number of aromatic nitrogens is 2. The lowest BCUT2D eigenvalue weighted by molar-refractivity contribution is 0.100. The minimum atomic E-state index is -0.470. The minimum Gasteiger partial charge on any atom is -0.366 e. The van der Waals surface area contributed by atoms with Gasteiger partial charge in [0.25, 0.3) is 0 Å². The Morgan fingerprint density at radius 2 is 2.20 bits per heavy atom. The molecule has 0 aliphatic carbocycles. The van der Waals surface area contributed by atoms with E-state index in [1.807, 2.05) is 6.07 Å². The van der Waals surface area contributed by atoms with Crippen LogP contribution in [0.2, 0.25) is 0 Å². The summed E-state index contributed by atoms with van der Waals surface area (Å²) in [5, 5.41) is 9.79. The number of hydrogen-bond donors (Lipinski definition) is 2.